The van der Waals surface area contributed by atoms with Crippen molar-refractivity contribution in [1.82, 2.24) is 4.90 Å². The van der Waals surface area contributed by atoms with Crippen LogP contribution in [0.3, 0.4) is 0 Å². The quantitative estimate of drug-likeness (QED) is 0.514. The first-order chi connectivity index (χ1) is 9.52. The summed E-state index contributed by atoms with van der Waals surface area (Å²) in [6.07, 6.45) is 1.45. The van der Waals surface area contributed by atoms with Crippen LogP contribution in [0.25, 0.3) is 0 Å². The van der Waals surface area contributed by atoms with Crippen molar-refractivity contribution in [1.29, 1.82) is 0 Å². The SMILES string of the molecule is CC(=O)N1CCC[C@H](/C(=N\O)c2ccc(F)cc2F)C1. The van der Waals surface area contributed by atoms with E-state index in [1.807, 2.05) is 0 Å². The van der Waals surface area contributed by atoms with Gasteiger partial charge in [0.05, 0.1) is 5.71 Å². The lowest BCUT2D eigenvalue weighted by Gasteiger charge is -2.32. The first-order valence-electron chi connectivity index (χ1n) is 6.45. The van der Waals surface area contributed by atoms with E-state index in [4.69, 9.17) is 0 Å². The van der Waals surface area contributed by atoms with E-state index in [9.17, 15) is 18.8 Å². The summed E-state index contributed by atoms with van der Waals surface area (Å²) < 4.78 is 26.7. The number of piperidine rings is 1. The summed E-state index contributed by atoms with van der Waals surface area (Å²) in [5, 5.41) is 12.4. The lowest BCUT2D eigenvalue weighted by molar-refractivity contribution is -0.130. The molecule has 1 heterocycles. The molecule has 1 N–H and O–H groups in total. The van der Waals surface area contributed by atoms with Crippen LogP contribution in [-0.2, 0) is 4.79 Å². The van der Waals surface area contributed by atoms with Gasteiger partial charge >= 0.3 is 0 Å². The number of amides is 1. The zero-order valence-electron chi connectivity index (χ0n) is 11.1. The topological polar surface area (TPSA) is 52.9 Å². The fourth-order valence-corrected chi connectivity index (χ4v) is 2.54. The molecule has 20 heavy (non-hydrogen) atoms. The van der Waals surface area contributed by atoms with E-state index < -0.39 is 11.6 Å². The second-order valence-electron chi connectivity index (χ2n) is 4.91. The van der Waals surface area contributed by atoms with Crippen LogP contribution in [0, 0.1) is 17.6 Å². The summed E-state index contributed by atoms with van der Waals surface area (Å²) in [4.78, 5) is 13.0. The van der Waals surface area contributed by atoms with Gasteiger partial charge < -0.3 is 10.1 Å². The van der Waals surface area contributed by atoms with Gasteiger partial charge in [-0.2, -0.15) is 0 Å². The lowest BCUT2D eigenvalue weighted by atomic mass is 9.89. The van der Waals surface area contributed by atoms with Gasteiger partial charge in [-0.25, -0.2) is 8.78 Å². The third kappa shape index (κ3) is 2.95. The van der Waals surface area contributed by atoms with Crippen molar-refractivity contribution in [3.8, 4) is 0 Å². The van der Waals surface area contributed by atoms with Crippen molar-refractivity contribution in [2.45, 2.75) is 19.8 Å². The van der Waals surface area contributed by atoms with Gasteiger partial charge in [0.25, 0.3) is 0 Å². The third-order valence-electron chi connectivity index (χ3n) is 3.57. The van der Waals surface area contributed by atoms with Gasteiger partial charge in [0, 0.05) is 37.6 Å². The highest BCUT2D eigenvalue weighted by Crippen LogP contribution is 2.23. The van der Waals surface area contributed by atoms with Crippen LogP contribution in [0.15, 0.2) is 23.4 Å². The predicted molar refractivity (Wildman–Crippen MR) is 69.7 cm³/mol. The summed E-state index contributed by atoms with van der Waals surface area (Å²) in [5.41, 5.74) is 0.234. The largest absolute Gasteiger partial charge is 0.411 e. The number of likely N-dealkylation sites (tertiary alicyclic amines) is 1. The molecule has 0 spiro atoms. The second-order valence-corrected chi connectivity index (χ2v) is 4.91. The number of benzene rings is 1. The number of nitrogens with zero attached hydrogens (tertiary/aromatic N) is 2. The number of carbonyl (C=O) groups is 1. The number of hydrogen-bond acceptors (Lipinski definition) is 3. The zero-order valence-corrected chi connectivity index (χ0v) is 11.1. The van der Waals surface area contributed by atoms with Crippen LogP contribution in [0.5, 0.6) is 0 Å². The number of halogens is 2. The molecule has 2 rings (SSSR count). The Morgan fingerprint density at radius 3 is 2.80 bits per heavy atom. The van der Waals surface area contributed by atoms with Crippen molar-refractivity contribution in [2.75, 3.05) is 13.1 Å². The first kappa shape index (κ1) is 14.4. The van der Waals surface area contributed by atoms with Crippen LogP contribution in [-0.4, -0.2) is 34.8 Å². The van der Waals surface area contributed by atoms with Crippen LogP contribution in [0.2, 0.25) is 0 Å². The van der Waals surface area contributed by atoms with Crippen molar-refractivity contribution < 1.29 is 18.8 Å². The van der Waals surface area contributed by atoms with Crippen LogP contribution < -0.4 is 0 Å². The maximum absolute atomic E-state index is 13.8. The summed E-state index contributed by atoms with van der Waals surface area (Å²) in [7, 11) is 0. The maximum Gasteiger partial charge on any atom is 0.219 e. The smallest absolute Gasteiger partial charge is 0.219 e. The van der Waals surface area contributed by atoms with Gasteiger partial charge in [0.1, 0.15) is 11.6 Å². The minimum atomic E-state index is -0.766. The first-order valence-corrected chi connectivity index (χ1v) is 6.45. The van der Waals surface area contributed by atoms with Gasteiger partial charge in [-0.1, -0.05) is 5.16 Å². The molecular weight excluding hydrogens is 266 g/mol. The van der Waals surface area contributed by atoms with E-state index in [0.717, 1.165) is 18.6 Å². The Labute approximate surface area is 115 Å². The van der Waals surface area contributed by atoms with E-state index in [2.05, 4.69) is 5.16 Å². The molecule has 0 saturated carbocycles. The molecule has 1 aliphatic rings. The highest BCUT2D eigenvalue weighted by atomic mass is 19.1. The molecule has 1 fully saturated rings. The van der Waals surface area contributed by atoms with E-state index >= 15 is 0 Å². The van der Waals surface area contributed by atoms with E-state index in [-0.39, 0.29) is 23.1 Å². The molecule has 0 aromatic heterocycles. The van der Waals surface area contributed by atoms with Crippen molar-refractivity contribution >= 4 is 11.6 Å². The Bertz CT molecular complexity index is 546. The van der Waals surface area contributed by atoms with Crippen molar-refractivity contribution in [3.63, 3.8) is 0 Å². The molecular formula is C14H16F2N2O2. The second kappa shape index (κ2) is 5.98. The fraction of sp³-hybridized carbons (Fsp3) is 0.429. The molecule has 1 saturated heterocycles. The zero-order chi connectivity index (χ0) is 14.7. The molecule has 1 aliphatic heterocycles. The fourth-order valence-electron chi connectivity index (χ4n) is 2.54. The van der Waals surface area contributed by atoms with Crippen LogP contribution in [0.4, 0.5) is 8.78 Å². The maximum atomic E-state index is 13.8. The molecule has 1 aromatic carbocycles. The molecule has 0 radical (unpaired) electrons. The number of rotatable bonds is 2. The minimum absolute atomic E-state index is 0.0634. The standard InChI is InChI=1S/C14H16F2N2O2/c1-9(19)18-6-2-3-10(8-18)14(17-20)12-5-4-11(15)7-13(12)16/h4-5,7,10,20H,2-3,6,8H2,1H3/b17-14+/t10-/m0/s1. The van der Waals surface area contributed by atoms with Gasteiger partial charge in [-0.3, -0.25) is 4.79 Å². The van der Waals surface area contributed by atoms with Crippen molar-refractivity contribution in [2.24, 2.45) is 11.1 Å². The lowest BCUT2D eigenvalue weighted by Crippen LogP contribution is -2.41. The highest BCUT2D eigenvalue weighted by molar-refractivity contribution is 6.02. The summed E-state index contributed by atoms with van der Waals surface area (Å²) in [6, 6.07) is 3.13. The molecule has 6 heteroatoms. The molecule has 1 amide bonds. The highest BCUT2D eigenvalue weighted by Gasteiger charge is 2.28. The molecule has 108 valence electrons. The minimum Gasteiger partial charge on any atom is -0.411 e. The van der Waals surface area contributed by atoms with Gasteiger partial charge in [0.15, 0.2) is 0 Å². The predicted octanol–water partition coefficient (Wildman–Crippen LogP) is 2.40. The molecule has 1 aromatic rings. The molecule has 4 nitrogen and oxygen atoms in total. The third-order valence-corrected chi connectivity index (χ3v) is 3.57. The Balaban J connectivity index is 2.26. The van der Waals surface area contributed by atoms with E-state index in [1.54, 1.807) is 4.90 Å². The number of carbonyl (C=O) groups excluding carboxylic acids is 1. The Kier molecular flexibility index (Phi) is 4.32. The van der Waals surface area contributed by atoms with E-state index in [0.29, 0.717) is 19.5 Å². The van der Waals surface area contributed by atoms with Gasteiger partial charge in [0.2, 0.25) is 5.91 Å². The monoisotopic (exact) mass is 282 g/mol. The Morgan fingerprint density at radius 2 is 2.20 bits per heavy atom. The van der Waals surface area contributed by atoms with Crippen LogP contribution >= 0.6 is 0 Å². The molecule has 0 aliphatic carbocycles. The normalized spacial score (nSPS) is 20.1. The Hall–Kier alpha value is -1.98. The molecule has 1 atom stereocenters. The van der Waals surface area contributed by atoms with Gasteiger partial charge in [-0.15, -0.1) is 0 Å². The Morgan fingerprint density at radius 1 is 1.45 bits per heavy atom. The van der Waals surface area contributed by atoms with Crippen molar-refractivity contribution in [3.05, 3.63) is 35.4 Å². The number of oxime groups is 1. The summed E-state index contributed by atoms with van der Waals surface area (Å²) >= 11 is 0. The molecule has 0 unspecified atom stereocenters. The number of hydrogen-bond donors (Lipinski definition) is 1. The summed E-state index contributed by atoms with van der Waals surface area (Å²) in [6.45, 7) is 2.50. The summed E-state index contributed by atoms with van der Waals surface area (Å²) in [5.74, 6) is -1.76. The van der Waals surface area contributed by atoms with Gasteiger partial charge in [-0.05, 0) is 25.0 Å². The average molecular weight is 282 g/mol. The average Bonchev–Trinajstić information content (AvgIpc) is 2.42. The van der Waals surface area contributed by atoms with E-state index in [1.165, 1.54) is 13.0 Å². The molecule has 0 bridgehead atoms. The van der Waals surface area contributed by atoms with Crippen LogP contribution in [0.1, 0.15) is 25.3 Å².